The fourth-order valence-corrected chi connectivity index (χ4v) is 1.31. The molecule has 14 heavy (non-hydrogen) atoms. The minimum atomic E-state index is 0.805. The van der Waals surface area contributed by atoms with E-state index in [1.54, 1.807) is 0 Å². The van der Waals surface area contributed by atoms with Crippen LogP contribution in [0.25, 0.3) is 0 Å². The zero-order valence-electron chi connectivity index (χ0n) is 7.90. The summed E-state index contributed by atoms with van der Waals surface area (Å²) in [5, 5.41) is 3.31. The maximum Gasteiger partial charge on any atom is 0.0541 e. The Labute approximate surface area is 83.7 Å². The maximum atomic E-state index is 4.22. The van der Waals surface area contributed by atoms with Crippen LogP contribution in [-0.4, -0.2) is 11.5 Å². The lowest BCUT2D eigenvalue weighted by molar-refractivity contribution is 0.730. The van der Waals surface area contributed by atoms with Crippen LogP contribution in [0.4, 0.5) is 0 Å². The molecule has 0 radical (unpaired) electrons. The summed E-state index contributed by atoms with van der Waals surface area (Å²) in [6, 6.07) is 5.94. The normalized spacial score (nSPS) is 13.3. The van der Waals surface area contributed by atoms with Gasteiger partial charge in [0.2, 0.25) is 0 Å². The van der Waals surface area contributed by atoms with E-state index < -0.39 is 0 Å². The van der Waals surface area contributed by atoms with E-state index in [0.717, 1.165) is 18.8 Å². The van der Waals surface area contributed by atoms with Crippen LogP contribution >= 0.6 is 0 Å². The average Bonchev–Trinajstić information content (AvgIpc) is 2.72. The molecule has 1 aromatic heterocycles. The molecule has 0 fully saturated rings. The molecule has 0 spiro atoms. The number of hydrogen-bond donors (Lipinski definition) is 1. The average molecular weight is 184 g/mol. The number of hydrogen-bond acceptors (Lipinski definition) is 2. The molecule has 1 aliphatic rings. The molecule has 0 aliphatic heterocycles. The Morgan fingerprint density at radius 2 is 2.29 bits per heavy atom. The summed E-state index contributed by atoms with van der Waals surface area (Å²) >= 11 is 0. The van der Waals surface area contributed by atoms with Crippen molar-refractivity contribution in [2.75, 3.05) is 6.54 Å². The molecular weight excluding hydrogens is 172 g/mol. The third-order valence-corrected chi connectivity index (χ3v) is 2.01. The van der Waals surface area contributed by atoms with E-state index in [1.165, 1.54) is 5.57 Å². The number of nitrogens with zero attached hydrogens (tertiary/aromatic N) is 1. The van der Waals surface area contributed by atoms with Crippen molar-refractivity contribution in [3.63, 3.8) is 0 Å². The highest BCUT2D eigenvalue weighted by atomic mass is 14.9. The van der Waals surface area contributed by atoms with Gasteiger partial charge in [0.1, 0.15) is 0 Å². The van der Waals surface area contributed by atoms with E-state index in [2.05, 4.69) is 22.1 Å². The first-order valence-corrected chi connectivity index (χ1v) is 4.68. The molecule has 2 heteroatoms. The highest BCUT2D eigenvalue weighted by Crippen LogP contribution is 2.00. The third-order valence-electron chi connectivity index (χ3n) is 2.01. The van der Waals surface area contributed by atoms with Crippen molar-refractivity contribution in [2.45, 2.75) is 6.54 Å². The molecule has 0 saturated heterocycles. The summed E-state index contributed by atoms with van der Waals surface area (Å²) in [5.41, 5.74) is 5.40. The second-order valence-corrected chi connectivity index (χ2v) is 3.12. The first-order chi connectivity index (χ1) is 6.95. The largest absolute Gasteiger partial charge is 0.306 e. The molecular formula is C12H12N2. The molecule has 2 rings (SSSR count). The Morgan fingerprint density at radius 3 is 3.00 bits per heavy atom. The number of allylic oxidation sites excluding steroid dienone is 1. The van der Waals surface area contributed by atoms with Gasteiger partial charge in [0.25, 0.3) is 0 Å². The summed E-state index contributed by atoms with van der Waals surface area (Å²) in [7, 11) is 0. The summed E-state index contributed by atoms with van der Waals surface area (Å²) in [4.78, 5) is 4.22. The van der Waals surface area contributed by atoms with Gasteiger partial charge in [0.05, 0.1) is 5.69 Å². The van der Waals surface area contributed by atoms with Crippen LogP contribution in [0.3, 0.4) is 0 Å². The number of pyridine rings is 1. The van der Waals surface area contributed by atoms with Gasteiger partial charge in [-0.25, -0.2) is 0 Å². The van der Waals surface area contributed by atoms with Crippen molar-refractivity contribution in [2.24, 2.45) is 0 Å². The molecule has 0 aromatic carbocycles. The minimum Gasteiger partial charge on any atom is -0.306 e. The van der Waals surface area contributed by atoms with Crippen LogP contribution in [0.5, 0.6) is 0 Å². The second kappa shape index (κ2) is 4.56. The van der Waals surface area contributed by atoms with Crippen molar-refractivity contribution >= 4 is 0 Å². The Morgan fingerprint density at radius 1 is 1.29 bits per heavy atom. The van der Waals surface area contributed by atoms with Crippen LogP contribution in [0, 0.1) is 0 Å². The first-order valence-electron chi connectivity index (χ1n) is 4.68. The van der Waals surface area contributed by atoms with E-state index in [1.807, 2.05) is 36.5 Å². The zero-order valence-corrected chi connectivity index (χ0v) is 7.90. The molecule has 1 aromatic rings. The van der Waals surface area contributed by atoms with E-state index >= 15 is 0 Å². The van der Waals surface area contributed by atoms with Gasteiger partial charge in [0, 0.05) is 24.9 Å². The molecule has 0 bridgehead atoms. The van der Waals surface area contributed by atoms with Gasteiger partial charge in [-0.15, -0.1) is 5.73 Å². The fraction of sp³-hybridized carbons (Fsp3) is 0.167. The topological polar surface area (TPSA) is 24.9 Å². The molecule has 0 saturated carbocycles. The molecule has 0 atom stereocenters. The highest BCUT2D eigenvalue weighted by Gasteiger charge is 1.95. The van der Waals surface area contributed by atoms with E-state index in [9.17, 15) is 0 Å². The Hall–Kier alpha value is -1.63. The third kappa shape index (κ3) is 2.43. The molecule has 0 unspecified atom stereocenters. The van der Waals surface area contributed by atoms with Crippen LogP contribution in [0.2, 0.25) is 0 Å². The summed E-state index contributed by atoms with van der Waals surface area (Å²) < 4.78 is 0. The van der Waals surface area contributed by atoms with E-state index in [0.29, 0.717) is 0 Å². The Kier molecular flexibility index (Phi) is 2.92. The fourth-order valence-electron chi connectivity index (χ4n) is 1.31. The molecule has 1 N–H and O–H groups in total. The van der Waals surface area contributed by atoms with Crippen LogP contribution in [-0.2, 0) is 6.54 Å². The smallest absolute Gasteiger partial charge is 0.0541 e. The SMILES string of the molecule is C1=CC=CC=1CNCc1ccccn1. The van der Waals surface area contributed by atoms with Gasteiger partial charge in [-0.1, -0.05) is 12.1 Å². The van der Waals surface area contributed by atoms with Crippen LogP contribution in [0.15, 0.2) is 53.9 Å². The van der Waals surface area contributed by atoms with Gasteiger partial charge >= 0.3 is 0 Å². The van der Waals surface area contributed by atoms with Crippen molar-refractivity contribution in [3.8, 4) is 0 Å². The van der Waals surface area contributed by atoms with Crippen molar-refractivity contribution in [3.05, 3.63) is 59.6 Å². The monoisotopic (exact) mass is 184 g/mol. The Balaban J connectivity index is 1.79. The highest BCUT2D eigenvalue weighted by molar-refractivity contribution is 5.29. The Bertz CT molecular complexity index is 384. The standard InChI is InChI=1S/C12H12N2/c1-2-6-11(5-1)9-13-10-12-7-3-4-8-14-12/h1-5,7-8,13H,9-10H2. The van der Waals surface area contributed by atoms with Crippen molar-refractivity contribution < 1.29 is 0 Å². The predicted octanol–water partition coefficient (Wildman–Crippen LogP) is 1.82. The molecule has 0 amide bonds. The van der Waals surface area contributed by atoms with Crippen molar-refractivity contribution in [1.82, 2.24) is 10.3 Å². The van der Waals surface area contributed by atoms with Gasteiger partial charge in [-0.05, 0) is 24.3 Å². The number of aromatic nitrogens is 1. The first kappa shape index (κ1) is 8.95. The zero-order chi connectivity index (χ0) is 9.64. The lowest BCUT2D eigenvalue weighted by Crippen LogP contribution is -2.16. The summed E-state index contributed by atoms with van der Waals surface area (Å²) in [5.74, 6) is 0. The molecule has 1 aliphatic carbocycles. The second-order valence-electron chi connectivity index (χ2n) is 3.12. The van der Waals surface area contributed by atoms with Gasteiger partial charge < -0.3 is 5.32 Å². The van der Waals surface area contributed by atoms with Crippen molar-refractivity contribution in [1.29, 1.82) is 0 Å². The minimum absolute atomic E-state index is 0.805. The number of nitrogens with one attached hydrogen (secondary N) is 1. The van der Waals surface area contributed by atoms with Gasteiger partial charge in [-0.3, -0.25) is 4.98 Å². The molecule has 2 nitrogen and oxygen atoms in total. The molecule has 70 valence electrons. The summed E-state index contributed by atoms with van der Waals surface area (Å²) in [6.07, 6.45) is 7.80. The summed E-state index contributed by atoms with van der Waals surface area (Å²) in [6.45, 7) is 1.66. The lowest BCUT2D eigenvalue weighted by atomic mass is 10.3. The van der Waals surface area contributed by atoms with Crippen LogP contribution < -0.4 is 5.32 Å². The van der Waals surface area contributed by atoms with Crippen LogP contribution in [0.1, 0.15) is 5.69 Å². The van der Waals surface area contributed by atoms with E-state index in [-0.39, 0.29) is 0 Å². The maximum absolute atomic E-state index is 4.22. The quantitative estimate of drug-likeness (QED) is 0.722. The van der Waals surface area contributed by atoms with Gasteiger partial charge in [-0.2, -0.15) is 0 Å². The molecule has 1 heterocycles. The van der Waals surface area contributed by atoms with Gasteiger partial charge in [0.15, 0.2) is 0 Å². The van der Waals surface area contributed by atoms with E-state index in [4.69, 9.17) is 0 Å². The lowest BCUT2D eigenvalue weighted by Gasteiger charge is -2.02. The predicted molar refractivity (Wildman–Crippen MR) is 56.7 cm³/mol. The number of rotatable bonds is 4.